The van der Waals surface area contributed by atoms with Crippen molar-refractivity contribution in [2.24, 2.45) is 11.8 Å². The van der Waals surface area contributed by atoms with Crippen LogP contribution in [0.3, 0.4) is 0 Å². The molecule has 0 amide bonds. The van der Waals surface area contributed by atoms with Gasteiger partial charge in [0.25, 0.3) is 0 Å². The minimum atomic E-state index is -0.141. The summed E-state index contributed by atoms with van der Waals surface area (Å²) in [7, 11) is 0. The van der Waals surface area contributed by atoms with Crippen molar-refractivity contribution in [1.82, 2.24) is 0 Å². The second kappa shape index (κ2) is 4.07. The summed E-state index contributed by atoms with van der Waals surface area (Å²) in [4.78, 5) is 0. The van der Waals surface area contributed by atoms with Crippen molar-refractivity contribution < 1.29 is 9.84 Å². The molecule has 1 fully saturated rings. The lowest BCUT2D eigenvalue weighted by molar-refractivity contribution is 0.0748. The third-order valence-corrected chi connectivity index (χ3v) is 2.22. The van der Waals surface area contributed by atoms with Crippen molar-refractivity contribution in [2.45, 2.75) is 32.8 Å². The molecule has 1 N–H and O–H groups in total. The van der Waals surface area contributed by atoms with Crippen LogP contribution < -0.4 is 0 Å². The van der Waals surface area contributed by atoms with Gasteiger partial charge in [0.1, 0.15) is 0 Å². The summed E-state index contributed by atoms with van der Waals surface area (Å²) >= 11 is 0. The van der Waals surface area contributed by atoms with Gasteiger partial charge in [-0.25, -0.2) is 0 Å². The van der Waals surface area contributed by atoms with Crippen molar-refractivity contribution >= 4 is 0 Å². The molecule has 2 nitrogen and oxygen atoms in total. The summed E-state index contributed by atoms with van der Waals surface area (Å²) in [5.74, 6) is 0.989. The summed E-state index contributed by atoms with van der Waals surface area (Å²) in [6, 6.07) is 0. The van der Waals surface area contributed by atoms with Crippen LogP contribution in [0, 0.1) is 11.8 Å². The predicted octanol–water partition coefficient (Wildman–Crippen LogP) is 1.43. The molecule has 0 aromatic rings. The molecule has 0 aromatic carbocycles. The maximum Gasteiger partial charge on any atom is 0.0593 e. The topological polar surface area (TPSA) is 29.5 Å². The average molecular weight is 158 g/mol. The number of aliphatic hydroxyl groups is 1. The molecule has 2 unspecified atom stereocenters. The number of rotatable bonds is 3. The first-order chi connectivity index (χ1) is 5.20. The quantitative estimate of drug-likeness (QED) is 0.673. The summed E-state index contributed by atoms with van der Waals surface area (Å²) < 4.78 is 5.20. The van der Waals surface area contributed by atoms with Crippen LogP contribution in [0.2, 0.25) is 0 Å². The van der Waals surface area contributed by atoms with Gasteiger partial charge < -0.3 is 9.84 Å². The van der Waals surface area contributed by atoms with Crippen molar-refractivity contribution in [1.29, 1.82) is 0 Å². The molecule has 1 rings (SSSR count). The molecule has 0 saturated carbocycles. The Bertz CT molecular complexity index is 106. The van der Waals surface area contributed by atoms with E-state index in [2.05, 4.69) is 13.8 Å². The van der Waals surface area contributed by atoms with Crippen LogP contribution in [0.5, 0.6) is 0 Å². The number of hydrogen-bond acceptors (Lipinski definition) is 2. The van der Waals surface area contributed by atoms with Gasteiger partial charge in [0.2, 0.25) is 0 Å². The smallest absolute Gasteiger partial charge is 0.0593 e. The lowest BCUT2D eigenvalue weighted by Gasteiger charge is -2.17. The van der Waals surface area contributed by atoms with E-state index in [9.17, 15) is 5.11 Å². The summed E-state index contributed by atoms with van der Waals surface area (Å²) in [5, 5.41) is 9.64. The molecule has 1 heterocycles. The number of hydrogen-bond donors (Lipinski definition) is 1. The van der Waals surface area contributed by atoms with Crippen molar-refractivity contribution in [2.75, 3.05) is 13.2 Å². The Balaban J connectivity index is 2.22. The lowest BCUT2D eigenvalue weighted by Crippen LogP contribution is -2.22. The van der Waals surface area contributed by atoms with Gasteiger partial charge in [-0.2, -0.15) is 0 Å². The van der Waals surface area contributed by atoms with E-state index in [0.717, 1.165) is 26.1 Å². The highest BCUT2D eigenvalue weighted by Crippen LogP contribution is 2.21. The van der Waals surface area contributed by atoms with Gasteiger partial charge in [-0.3, -0.25) is 0 Å². The van der Waals surface area contributed by atoms with Gasteiger partial charge in [-0.15, -0.1) is 0 Å². The standard InChI is InChI=1S/C9H18O2/c1-7(2)5-9(10)8-3-4-11-6-8/h7-10H,3-6H2,1-2H3. The third-order valence-electron chi connectivity index (χ3n) is 2.22. The molecule has 1 aliphatic rings. The largest absolute Gasteiger partial charge is 0.393 e. The molecule has 0 bridgehead atoms. The Morgan fingerprint density at radius 1 is 1.55 bits per heavy atom. The zero-order chi connectivity index (χ0) is 8.27. The molecule has 0 aromatic heterocycles. The highest BCUT2D eigenvalue weighted by Gasteiger charge is 2.24. The fraction of sp³-hybridized carbons (Fsp3) is 1.00. The molecule has 11 heavy (non-hydrogen) atoms. The second-order valence-electron chi connectivity index (χ2n) is 3.82. The van der Waals surface area contributed by atoms with E-state index in [1.54, 1.807) is 0 Å². The first-order valence-electron chi connectivity index (χ1n) is 4.46. The molecule has 2 atom stereocenters. The third kappa shape index (κ3) is 2.80. The first kappa shape index (κ1) is 9.01. The zero-order valence-electron chi connectivity index (χ0n) is 7.42. The van der Waals surface area contributed by atoms with E-state index in [-0.39, 0.29) is 6.10 Å². The van der Waals surface area contributed by atoms with Gasteiger partial charge in [0.05, 0.1) is 12.7 Å². The summed E-state index contributed by atoms with van der Waals surface area (Å²) in [5.41, 5.74) is 0. The molecule has 1 saturated heterocycles. The second-order valence-corrected chi connectivity index (χ2v) is 3.82. The van der Waals surface area contributed by atoms with E-state index >= 15 is 0 Å². The number of ether oxygens (including phenoxy) is 1. The highest BCUT2D eigenvalue weighted by atomic mass is 16.5. The summed E-state index contributed by atoms with van der Waals surface area (Å²) in [6.07, 6.45) is 1.81. The minimum Gasteiger partial charge on any atom is -0.393 e. The summed E-state index contributed by atoms with van der Waals surface area (Å²) in [6.45, 7) is 5.87. The van der Waals surface area contributed by atoms with Crippen molar-refractivity contribution in [3.8, 4) is 0 Å². The van der Waals surface area contributed by atoms with E-state index in [0.29, 0.717) is 11.8 Å². The van der Waals surface area contributed by atoms with Crippen molar-refractivity contribution in [3.05, 3.63) is 0 Å². The molecule has 0 radical (unpaired) electrons. The van der Waals surface area contributed by atoms with Gasteiger partial charge in [-0.1, -0.05) is 13.8 Å². The Labute approximate surface area is 68.6 Å². The first-order valence-corrected chi connectivity index (χ1v) is 4.46. The molecular formula is C9H18O2. The van der Waals surface area contributed by atoms with Crippen LogP contribution in [0.15, 0.2) is 0 Å². The van der Waals surface area contributed by atoms with E-state index in [1.807, 2.05) is 0 Å². The van der Waals surface area contributed by atoms with Gasteiger partial charge in [0.15, 0.2) is 0 Å². The fourth-order valence-corrected chi connectivity index (χ4v) is 1.53. The lowest BCUT2D eigenvalue weighted by atomic mass is 9.94. The van der Waals surface area contributed by atoms with Crippen molar-refractivity contribution in [3.63, 3.8) is 0 Å². The Morgan fingerprint density at radius 3 is 2.73 bits per heavy atom. The minimum absolute atomic E-state index is 0.141. The maximum absolute atomic E-state index is 9.64. The average Bonchev–Trinajstić information content (AvgIpc) is 2.35. The van der Waals surface area contributed by atoms with Gasteiger partial charge in [-0.05, 0) is 18.8 Å². The van der Waals surface area contributed by atoms with Crippen LogP contribution in [0.25, 0.3) is 0 Å². The molecule has 2 heteroatoms. The van der Waals surface area contributed by atoms with E-state index in [4.69, 9.17) is 4.74 Å². The highest BCUT2D eigenvalue weighted by molar-refractivity contribution is 4.73. The number of aliphatic hydroxyl groups excluding tert-OH is 1. The SMILES string of the molecule is CC(C)CC(O)C1CCOC1. The fourth-order valence-electron chi connectivity index (χ4n) is 1.53. The monoisotopic (exact) mass is 158 g/mol. The molecule has 66 valence electrons. The molecule has 0 spiro atoms. The molecule has 0 aliphatic carbocycles. The predicted molar refractivity (Wildman–Crippen MR) is 44.4 cm³/mol. The van der Waals surface area contributed by atoms with Gasteiger partial charge in [0, 0.05) is 12.5 Å². The van der Waals surface area contributed by atoms with Gasteiger partial charge >= 0.3 is 0 Å². The Morgan fingerprint density at radius 2 is 2.27 bits per heavy atom. The van der Waals surface area contributed by atoms with E-state index in [1.165, 1.54) is 0 Å². The maximum atomic E-state index is 9.64. The van der Waals surface area contributed by atoms with Crippen LogP contribution in [-0.2, 0) is 4.74 Å². The molecule has 1 aliphatic heterocycles. The zero-order valence-corrected chi connectivity index (χ0v) is 7.42. The van der Waals surface area contributed by atoms with Crippen LogP contribution in [0.1, 0.15) is 26.7 Å². The Kier molecular flexibility index (Phi) is 3.34. The Hall–Kier alpha value is -0.0800. The normalized spacial score (nSPS) is 27.8. The van der Waals surface area contributed by atoms with E-state index < -0.39 is 0 Å². The van der Waals surface area contributed by atoms with Crippen LogP contribution in [0.4, 0.5) is 0 Å². The van der Waals surface area contributed by atoms with Crippen LogP contribution >= 0.6 is 0 Å². The molecular weight excluding hydrogens is 140 g/mol. The van der Waals surface area contributed by atoms with Crippen LogP contribution in [-0.4, -0.2) is 24.4 Å².